The molecule has 3 aromatic heterocycles. The third-order valence-electron chi connectivity index (χ3n) is 5.37. The summed E-state index contributed by atoms with van der Waals surface area (Å²) in [5.41, 5.74) is 8.91. The highest BCUT2D eigenvalue weighted by molar-refractivity contribution is 7.92. The van der Waals surface area contributed by atoms with Gasteiger partial charge in [0, 0.05) is 35.8 Å². The van der Waals surface area contributed by atoms with Crippen LogP contribution in [0.5, 0.6) is 0 Å². The van der Waals surface area contributed by atoms with E-state index in [4.69, 9.17) is 20.4 Å². The number of nitrogens with zero attached hydrogens (tertiary/aromatic N) is 5. The molecule has 11 heteroatoms. The van der Waals surface area contributed by atoms with Crippen LogP contribution in [0.15, 0.2) is 54.7 Å². The minimum absolute atomic E-state index is 0.203. The molecule has 1 aliphatic heterocycles. The molecule has 10 nitrogen and oxygen atoms in total. The SMILES string of the molecule is CS(=O)(=O)Nc1nc2ccccc2cc1-c1cc(-c2ccc(N)nc2)nc(N2CCOCC2)n1. The lowest BCUT2D eigenvalue weighted by Crippen LogP contribution is -2.37. The van der Waals surface area contributed by atoms with Crippen LogP contribution in [0.4, 0.5) is 17.6 Å². The number of nitrogens with one attached hydrogen (secondary N) is 1. The van der Waals surface area contributed by atoms with Gasteiger partial charge in [0.15, 0.2) is 0 Å². The summed E-state index contributed by atoms with van der Waals surface area (Å²) < 4.78 is 32.3. The number of fused-ring (bicyclic) bond motifs is 1. The van der Waals surface area contributed by atoms with E-state index in [-0.39, 0.29) is 5.82 Å². The van der Waals surface area contributed by atoms with Crippen LogP contribution in [-0.4, -0.2) is 60.9 Å². The van der Waals surface area contributed by atoms with Gasteiger partial charge in [-0.3, -0.25) is 4.72 Å². The summed E-state index contributed by atoms with van der Waals surface area (Å²) in [4.78, 5) is 20.4. The molecule has 3 N–H and O–H groups in total. The quantitative estimate of drug-likeness (QED) is 0.444. The fourth-order valence-corrected chi connectivity index (χ4v) is 4.25. The monoisotopic (exact) mass is 477 g/mol. The number of pyridine rings is 2. The molecule has 0 bridgehead atoms. The summed E-state index contributed by atoms with van der Waals surface area (Å²) in [6, 6.07) is 14.7. The van der Waals surface area contributed by atoms with Crippen LogP contribution in [0.25, 0.3) is 33.4 Å². The number of benzene rings is 1. The molecular formula is C23H23N7O3S. The maximum absolute atomic E-state index is 12.1. The Labute approximate surface area is 196 Å². The topological polar surface area (TPSA) is 136 Å². The highest BCUT2D eigenvalue weighted by atomic mass is 32.2. The number of nitrogens with two attached hydrogens (primary N) is 1. The van der Waals surface area contributed by atoms with Crippen molar-refractivity contribution in [1.82, 2.24) is 19.9 Å². The Morgan fingerprint density at radius 1 is 1.00 bits per heavy atom. The Morgan fingerprint density at radius 2 is 1.76 bits per heavy atom. The summed E-state index contributed by atoms with van der Waals surface area (Å²) in [7, 11) is -3.58. The number of sulfonamides is 1. The average Bonchev–Trinajstić information content (AvgIpc) is 2.83. The van der Waals surface area contributed by atoms with E-state index >= 15 is 0 Å². The number of nitrogen functional groups attached to an aromatic ring is 1. The molecule has 0 spiro atoms. The van der Waals surface area contributed by atoms with Crippen LogP contribution >= 0.6 is 0 Å². The number of anilines is 3. The first kappa shape index (κ1) is 22.0. The largest absolute Gasteiger partial charge is 0.384 e. The van der Waals surface area contributed by atoms with Crippen molar-refractivity contribution >= 4 is 38.5 Å². The van der Waals surface area contributed by atoms with E-state index < -0.39 is 10.0 Å². The van der Waals surface area contributed by atoms with Gasteiger partial charge < -0.3 is 15.4 Å². The van der Waals surface area contributed by atoms with Crippen LogP contribution in [0.2, 0.25) is 0 Å². The Hall–Kier alpha value is -3.83. The molecule has 4 heterocycles. The lowest BCUT2D eigenvalue weighted by atomic mass is 10.1. The van der Waals surface area contributed by atoms with Gasteiger partial charge in [0.2, 0.25) is 16.0 Å². The van der Waals surface area contributed by atoms with E-state index in [1.54, 1.807) is 18.3 Å². The minimum atomic E-state index is -3.58. The Balaban J connectivity index is 1.72. The van der Waals surface area contributed by atoms with E-state index in [0.29, 0.717) is 60.5 Å². The van der Waals surface area contributed by atoms with Crippen LogP contribution in [0.3, 0.4) is 0 Å². The third kappa shape index (κ3) is 4.75. The molecule has 174 valence electrons. The number of para-hydroxylation sites is 1. The molecule has 0 atom stereocenters. The highest BCUT2D eigenvalue weighted by Gasteiger charge is 2.20. The molecule has 1 fully saturated rings. The van der Waals surface area contributed by atoms with Crippen molar-refractivity contribution < 1.29 is 13.2 Å². The van der Waals surface area contributed by atoms with Crippen molar-refractivity contribution in [3.05, 3.63) is 54.7 Å². The highest BCUT2D eigenvalue weighted by Crippen LogP contribution is 2.33. The van der Waals surface area contributed by atoms with Gasteiger partial charge in [-0.1, -0.05) is 18.2 Å². The van der Waals surface area contributed by atoms with Crippen LogP contribution in [-0.2, 0) is 14.8 Å². The fourth-order valence-electron chi connectivity index (χ4n) is 3.75. The molecule has 0 amide bonds. The van der Waals surface area contributed by atoms with Crippen LogP contribution < -0.4 is 15.4 Å². The molecule has 4 aromatic rings. The van der Waals surface area contributed by atoms with Crippen molar-refractivity contribution in [3.63, 3.8) is 0 Å². The minimum Gasteiger partial charge on any atom is -0.384 e. The second-order valence-corrected chi connectivity index (χ2v) is 9.71. The zero-order valence-electron chi connectivity index (χ0n) is 18.5. The molecule has 34 heavy (non-hydrogen) atoms. The number of hydrogen-bond acceptors (Lipinski definition) is 9. The van der Waals surface area contributed by atoms with E-state index in [1.807, 2.05) is 41.3 Å². The van der Waals surface area contributed by atoms with Gasteiger partial charge in [-0.2, -0.15) is 0 Å². The summed E-state index contributed by atoms with van der Waals surface area (Å²) in [5.74, 6) is 1.13. The van der Waals surface area contributed by atoms with Gasteiger partial charge in [0.25, 0.3) is 0 Å². The van der Waals surface area contributed by atoms with Crippen LogP contribution in [0, 0.1) is 0 Å². The Morgan fingerprint density at radius 3 is 2.50 bits per heavy atom. The fraction of sp³-hybridized carbons (Fsp3) is 0.217. The predicted octanol–water partition coefficient (Wildman–Crippen LogP) is 2.54. The smallest absolute Gasteiger partial charge is 0.230 e. The first-order valence-corrected chi connectivity index (χ1v) is 12.6. The molecule has 1 saturated heterocycles. The van der Waals surface area contributed by atoms with E-state index in [1.165, 1.54) is 0 Å². The molecule has 0 unspecified atom stereocenters. The molecular weight excluding hydrogens is 454 g/mol. The summed E-state index contributed by atoms with van der Waals surface area (Å²) >= 11 is 0. The molecule has 5 rings (SSSR count). The summed E-state index contributed by atoms with van der Waals surface area (Å²) in [5, 5.41) is 0.860. The summed E-state index contributed by atoms with van der Waals surface area (Å²) in [6.07, 6.45) is 2.75. The zero-order chi connectivity index (χ0) is 23.7. The van der Waals surface area contributed by atoms with E-state index in [0.717, 1.165) is 17.2 Å². The normalized spacial score (nSPS) is 14.3. The Bertz CT molecular complexity index is 1450. The first-order chi connectivity index (χ1) is 16.4. The van der Waals surface area contributed by atoms with Gasteiger partial charge >= 0.3 is 0 Å². The molecule has 0 aliphatic carbocycles. The molecule has 0 radical (unpaired) electrons. The first-order valence-electron chi connectivity index (χ1n) is 10.7. The number of hydrogen-bond donors (Lipinski definition) is 2. The number of aromatic nitrogens is 4. The molecule has 1 aliphatic rings. The standard InChI is InChI=1S/C23H23N7O3S/c1-34(31,32)29-22-17(12-15-4-2-3-5-18(15)26-22)20-13-19(16-6-7-21(24)25-14-16)27-23(28-20)30-8-10-33-11-9-30/h2-7,12-14H,8-11H2,1H3,(H2,24,25)(H,26,29). The van der Waals surface area contributed by atoms with Gasteiger partial charge in [0.05, 0.1) is 36.4 Å². The van der Waals surface area contributed by atoms with Crippen molar-refractivity contribution in [3.8, 4) is 22.5 Å². The Kier molecular flexibility index (Phi) is 5.72. The number of morpholine rings is 1. The van der Waals surface area contributed by atoms with Gasteiger partial charge in [0.1, 0.15) is 11.6 Å². The van der Waals surface area contributed by atoms with Crippen LogP contribution in [0.1, 0.15) is 0 Å². The van der Waals surface area contributed by atoms with Crippen molar-refractivity contribution in [1.29, 1.82) is 0 Å². The second kappa shape index (κ2) is 8.84. The van der Waals surface area contributed by atoms with E-state index in [9.17, 15) is 8.42 Å². The van der Waals surface area contributed by atoms with Crippen molar-refractivity contribution in [2.75, 3.05) is 47.9 Å². The maximum Gasteiger partial charge on any atom is 0.230 e. The van der Waals surface area contributed by atoms with Gasteiger partial charge in [-0.25, -0.2) is 28.4 Å². The number of rotatable bonds is 5. The second-order valence-electron chi connectivity index (χ2n) is 7.96. The predicted molar refractivity (Wildman–Crippen MR) is 132 cm³/mol. The summed E-state index contributed by atoms with van der Waals surface area (Å²) in [6.45, 7) is 2.44. The lowest BCUT2D eigenvalue weighted by Gasteiger charge is -2.27. The van der Waals surface area contributed by atoms with Gasteiger partial charge in [-0.05, 0) is 30.3 Å². The van der Waals surface area contributed by atoms with Crippen molar-refractivity contribution in [2.24, 2.45) is 0 Å². The number of ether oxygens (including phenoxy) is 1. The van der Waals surface area contributed by atoms with E-state index in [2.05, 4.69) is 14.7 Å². The zero-order valence-corrected chi connectivity index (χ0v) is 19.3. The third-order valence-corrected chi connectivity index (χ3v) is 5.94. The molecule has 1 aromatic carbocycles. The molecule has 0 saturated carbocycles. The average molecular weight is 478 g/mol. The van der Waals surface area contributed by atoms with Gasteiger partial charge in [-0.15, -0.1) is 0 Å². The van der Waals surface area contributed by atoms with Crippen molar-refractivity contribution in [2.45, 2.75) is 0 Å². The lowest BCUT2D eigenvalue weighted by molar-refractivity contribution is 0.122. The maximum atomic E-state index is 12.1.